The Kier molecular flexibility index (Phi) is 6.10. The summed E-state index contributed by atoms with van der Waals surface area (Å²) >= 11 is 0. The van der Waals surface area contributed by atoms with E-state index >= 15 is 0 Å². The van der Waals surface area contributed by atoms with Crippen molar-refractivity contribution < 1.29 is 4.79 Å². The maximum absolute atomic E-state index is 13.3. The number of carbonyl (C=O) groups is 1. The maximum Gasteiger partial charge on any atom is 0.230 e. The zero-order valence-electron chi connectivity index (χ0n) is 20.9. The minimum absolute atomic E-state index is 0.197. The van der Waals surface area contributed by atoms with Crippen LogP contribution in [0, 0.1) is 17.2 Å². The molecule has 6 nitrogen and oxygen atoms in total. The van der Waals surface area contributed by atoms with Crippen molar-refractivity contribution in [2.75, 3.05) is 18.0 Å². The Bertz CT molecular complexity index is 1310. The molecule has 1 amide bonds. The molecule has 2 aromatic carbocycles. The number of nitrogens with zero attached hydrogens (tertiary/aromatic N) is 4. The molecule has 3 aromatic rings. The van der Waals surface area contributed by atoms with Gasteiger partial charge < -0.3 is 10.2 Å². The maximum atomic E-state index is 13.3. The first-order valence-corrected chi connectivity index (χ1v) is 13.3. The standard InChI is InChI=1S/C30H33N5O/c1-20-2-9-27-28(16-21-3-5-22(17-31)6-4-21)26(10-11-29(27)35(20)30(36)23-7-8-23)24-18-33-34(19-24)25-12-14-32-15-13-25/h3-6,10-11,18-20,23,25,32H,2,7-9,12-16H2,1H3. The first kappa shape index (κ1) is 23.0. The van der Waals surface area contributed by atoms with Gasteiger partial charge in [0.05, 0.1) is 23.9 Å². The zero-order valence-corrected chi connectivity index (χ0v) is 20.9. The third-order valence-corrected chi connectivity index (χ3v) is 8.14. The lowest BCUT2D eigenvalue weighted by atomic mass is 9.85. The van der Waals surface area contributed by atoms with Crippen LogP contribution in [0.2, 0.25) is 0 Å². The number of nitrogens with one attached hydrogen (secondary N) is 1. The molecule has 2 aliphatic heterocycles. The summed E-state index contributed by atoms with van der Waals surface area (Å²) in [6.45, 7) is 4.25. The molecule has 3 heterocycles. The van der Waals surface area contributed by atoms with E-state index in [-0.39, 0.29) is 12.0 Å². The normalized spacial score (nSPS) is 20.1. The number of hydrogen-bond acceptors (Lipinski definition) is 4. The molecule has 1 aromatic heterocycles. The highest BCUT2D eigenvalue weighted by molar-refractivity contribution is 5.98. The van der Waals surface area contributed by atoms with Crippen molar-refractivity contribution >= 4 is 11.6 Å². The molecule has 1 N–H and O–H groups in total. The fourth-order valence-corrected chi connectivity index (χ4v) is 5.89. The highest BCUT2D eigenvalue weighted by Crippen LogP contribution is 2.42. The summed E-state index contributed by atoms with van der Waals surface area (Å²) in [7, 11) is 0. The number of aromatic nitrogens is 2. The third kappa shape index (κ3) is 4.33. The van der Waals surface area contributed by atoms with E-state index < -0.39 is 0 Å². The number of benzene rings is 2. The summed E-state index contributed by atoms with van der Waals surface area (Å²) in [6, 6.07) is 15.1. The molecule has 1 saturated carbocycles. The first-order valence-electron chi connectivity index (χ1n) is 13.3. The molecule has 6 rings (SSSR count). The number of nitriles is 1. The molecule has 0 bridgehead atoms. The predicted molar refractivity (Wildman–Crippen MR) is 141 cm³/mol. The van der Waals surface area contributed by atoms with Crippen LogP contribution in [0.3, 0.4) is 0 Å². The number of fused-ring (bicyclic) bond motifs is 1. The van der Waals surface area contributed by atoms with Crippen LogP contribution in [0.5, 0.6) is 0 Å². The summed E-state index contributed by atoms with van der Waals surface area (Å²) in [6.07, 6.45) is 11.1. The van der Waals surface area contributed by atoms with Crippen LogP contribution in [0.25, 0.3) is 11.1 Å². The number of amides is 1. The summed E-state index contributed by atoms with van der Waals surface area (Å²) in [5.74, 6) is 0.488. The Morgan fingerprint density at radius 1 is 1.08 bits per heavy atom. The highest BCUT2D eigenvalue weighted by Gasteiger charge is 2.39. The average molecular weight is 480 g/mol. The van der Waals surface area contributed by atoms with E-state index in [0.717, 1.165) is 69.3 Å². The van der Waals surface area contributed by atoms with E-state index in [1.807, 2.05) is 18.3 Å². The molecule has 1 atom stereocenters. The minimum atomic E-state index is 0.197. The number of piperidine rings is 1. The van der Waals surface area contributed by atoms with E-state index in [1.165, 1.54) is 22.3 Å². The van der Waals surface area contributed by atoms with Gasteiger partial charge in [-0.15, -0.1) is 0 Å². The van der Waals surface area contributed by atoms with Gasteiger partial charge in [-0.2, -0.15) is 10.4 Å². The van der Waals surface area contributed by atoms with Crippen molar-refractivity contribution in [3.63, 3.8) is 0 Å². The van der Waals surface area contributed by atoms with E-state index in [9.17, 15) is 10.1 Å². The fraction of sp³-hybridized carbons (Fsp3) is 0.433. The molecule has 36 heavy (non-hydrogen) atoms. The van der Waals surface area contributed by atoms with Crippen molar-refractivity contribution in [1.29, 1.82) is 5.26 Å². The minimum Gasteiger partial charge on any atom is -0.317 e. The second kappa shape index (κ2) is 9.55. The van der Waals surface area contributed by atoms with Gasteiger partial charge in [0.15, 0.2) is 0 Å². The van der Waals surface area contributed by atoms with Gasteiger partial charge in [0.1, 0.15) is 0 Å². The van der Waals surface area contributed by atoms with Crippen molar-refractivity contribution in [1.82, 2.24) is 15.1 Å². The Morgan fingerprint density at radius 2 is 1.86 bits per heavy atom. The molecule has 1 saturated heterocycles. The Morgan fingerprint density at radius 3 is 2.58 bits per heavy atom. The number of rotatable bonds is 5. The summed E-state index contributed by atoms with van der Waals surface area (Å²) in [4.78, 5) is 15.4. The van der Waals surface area contributed by atoms with Crippen LogP contribution in [0.1, 0.15) is 67.3 Å². The Balaban J connectivity index is 1.43. The van der Waals surface area contributed by atoms with E-state index in [0.29, 0.717) is 17.5 Å². The second-order valence-corrected chi connectivity index (χ2v) is 10.6. The lowest BCUT2D eigenvalue weighted by Gasteiger charge is -2.37. The topological polar surface area (TPSA) is 74.0 Å². The molecule has 6 heteroatoms. The molecule has 0 radical (unpaired) electrons. The fourth-order valence-electron chi connectivity index (χ4n) is 5.89. The summed E-state index contributed by atoms with van der Waals surface area (Å²) < 4.78 is 2.14. The van der Waals surface area contributed by atoms with Gasteiger partial charge in [-0.3, -0.25) is 9.48 Å². The van der Waals surface area contributed by atoms with Crippen LogP contribution >= 0.6 is 0 Å². The van der Waals surface area contributed by atoms with Crippen molar-refractivity contribution in [2.24, 2.45) is 5.92 Å². The summed E-state index contributed by atoms with van der Waals surface area (Å²) in [5, 5.41) is 17.4. The molecule has 184 valence electrons. The van der Waals surface area contributed by atoms with Crippen LogP contribution in [-0.4, -0.2) is 34.8 Å². The van der Waals surface area contributed by atoms with Crippen molar-refractivity contribution in [3.8, 4) is 17.2 Å². The molecular weight excluding hydrogens is 446 g/mol. The van der Waals surface area contributed by atoms with E-state index in [4.69, 9.17) is 5.10 Å². The second-order valence-electron chi connectivity index (χ2n) is 10.6. The van der Waals surface area contributed by atoms with Gasteiger partial charge in [0, 0.05) is 29.4 Å². The van der Waals surface area contributed by atoms with Gasteiger partial charge >= 0.3 is 0 Å². The van der Waals surface area contributed by atoms with Gasteiger partial charge in [-0.25, -0.2) is 0 Å². The SMILES string of the molecule is CC1CCc2c(ccc(-c3cnn(C4CCNCC4)c3)c2Cc2ccc(C#N)cc2)N1C(=O)C1CC1. The monoisotopic (exact) mass is 479 g/mol. The summed E-state index contributed by atoms with van der Waals surface area (Å²) in [5.41, 5.74) is 7.84. The van der Waals surface area contributed by atoms with Crippen molar-refractivity contribution in [2.45, 2.75) is 64.0 Å². The van der Waals surface area contributed by atoms with Crippen LogP contribution in [0.15, 0.2) is 48.8 Å². The quantitative estimate of drug-likeness (QED) is 0.558. The number of anilines is 1. The van der Waals surface area contributed by atoms with Crippen molar-refractivity contribution in [3.05, 3.63) is 71.0 Å². The molecule has 2 fully saturated rings. The predicted octanol–water partition coefficient (Wildman–Crippen LogP) is 5.01. The van der Waals surface area contributed by atoms with Gasteiger partial charge in [-0.05, 0) is 105 Å². The Labute approximate surface area is 212 Å². The largest absolute Gasteiger partial charge is 0.317 e. The van der Waals surface area contributed by atoms with Crippen LogP contribution in [-0.2, 0) is 17.6 Å². The third-order valence-electron chi connectivity index (χ3n) is 8.14. The number of carbonyl (C=O) groups excluding carboxylic acids is 1. The smallest absolute Gasteiger partial charge is 0.230 e. The molecule has 1 unspecified atom stereocenters. The van der Waals surface area contributed by atoms with Crippen LogP contribution in [0.4, 0.5) is 5.69 Å². The molecule has 1 aliphatic carbocycles. The zero-order chi connectivity index (χ0) is 24.6. The van der Waals surface area contributed by atoms with Crippen LogP contribution < -0.4 is 10.2 Å². The first-order chi connectivity index (χ1) is 17.6. The number of hydrogen-bond donors (Lipinski definition) is 1. The molecule has 0 spiro atoms. The van der Waals surface area contributed by atoms with Gasteiger partial charge in [0.2, 0.25) is 5.91 Å². The lowest BCUT2D eigenvalue weighted by molar-refractivity contribution is -0.120. The van der Waals surface area contributed by atoms with Gasteiger partial charge in [-0.1, -0.05) is 18.2 Å². The van der Waals surface area contributed by atoms with E-state index in [1.54, 1.807) is 0 Å². The Hall–Kier alpha value is -3.43. The van der Waals surface area contributed by atoms with Gasteiger partial charge in [0.25, 0.3) is 0 Å². The lowest BCUT2D eigenvalue weighted by Crippen LogP contribution is -2.43. The van der Waals surface area contributed by atoms with E-state index in [2.05, 4.69) is 58.4 Å². The average Bonchev–Trinajstić information content (AvgIpc) is 3.66. The molecule has 3 aliphatic rings. The molecular formula is C30H33N5O. The highest BCUT2D eigenvalue weighted by atomic mass is 16.2.